The maximum absolute atomic E-state index is 8.28. The zero-order valence-corrected chi connectivity index (χ0v) is 71.9. The first kappa shape index (κ1) is 76.8. The van der Waals surface area contributed by atoms with Crippen LogP contribution in [0.4, 0.5) is 17.1 Å². The molecule has 0 atom stereocenters. The van der Waals surface area contributed by atoms with E-state index in [1.54, 1.807) is 0 Å². The van der Waals surface area contributed by atoms with Crippen LogP contribution in [-0.4, -0.2) is 22.9 Å². The highest BCUT2D eigenvalue weighted by Gasteiger charge is 2.51. The molecule has 0 N–H and O–H groups in total. The summed E-state index contributed by atoms with van der Waals surface area (Å²) in [6.45, 7) is 20.8. The highest BCUT2D eigenvalue weighted by molar-refractivity contribution is 7.21. The van der Waals surface area contributed by atoms with Crippen molar-refractivity contribution in [2.75, 3.05) is 4.90 Å². The van der Waals surface area contributed by atoms with Crippen molar-refractivity contribution in [1.29, 1.82) is 0 Å². The second kappa shape index (κ2) is 31.0. The molecule has 2 aliphatic rings. The molecule has 5 heteroatoms. The molecular formula is C115H98BNOSi2. The molecule has 0 fully saturated rings. The molecule has 2 heterocycles. The number of fused-ring (bicyclic) bond motifs is 4. The van der Waals surface area contributed by atoms with Gasteiger partial charge in [-0.3, -0.25) is 0 Å². The van der Waals surface area contributed by atoms with Crippen molar-refractivity contribution in [3.8, 4) is 56.0 Å². The van der Waals surface area contributed by atoms with Gasteiger partial charge in [0.2, 0.25) is 0 Å². The van der Waals surface area contributed by atoms with Gasteiger partial charge in [0.25, 0.3) is 6.71 Å². The highest BCUT2D eigenvalue weighted by atomic mass is 28.3. The monoisotopic (exact) mass is 1580 g/mol. The Bertz CT molecular complexity index is 6470. The molecule has 0 aromatic heterocycles. The predicted molar refractivity (Wildman–Crippen MR) is 516 cm³/mol. The minimum atomic E-state index is -3.48. The minimum absolute atomic E-state index is 0.181. The van der Waals surface area contributed by atoms with E-state index in [1.165, 1.54) is 114 Å². The lowest BCUT2D eigenvalue weighted by Crippen LogP contribution is -2.75. The fourth-order valence-electron chi connectivity index (χ4n) is 19.6. The Labute approximate surface area is 712 Å². The molecule has 0 amide bonds. The second-order valence-corrected chi connectivity index (χ2v) is 43.5. The molecule has 0 spiro atoms. The summed E-state index contributed by atoms with van der Waals surface area (Å²) in [5, 5.41) is 10.2. The lowest BCUT2D eigenvalue weighted by atomic mass is 9.34. The lowest BCUT2D eigenvalue weighted by Gasteiger charge is -2.44. The third-order valence-electron chi connectivity index (χ3n) is 25.6. The smallest absolute Gasteiger partial charge is 0.256 e. The van der Waals surface area contributed by atoms with Crippen LogP contribution in [0.5, 0.6) is 11.5 Å². The molecule has 17 aromatic carbocycles. The van der Waals surface area contributed by atoms with Crippen molar-refractivity contribution >= 4 is 97.8 Å². The largest absolute Gasteiger partial charge is 0.458 e. The van der Waals surface area contributed by atoms with E-state index in [9.17, 15) is 0 Å². The van der Waals surface area contributed by atoms with Crippen LogP contribution in [0.1, 0.15) is 101 Å². The quantitative estimate of drug-likeness (QED) is 0.0665. The number of benzene rings is 17. The molecule has 0 unspecified atom stereocenters. The van der Waals surface area contributed by atoms with Crippen LogP contribution in [-0.2, 0) is 21.7 Å². The van der Waals surface area contributed by atoms with Crippen LogP contribution in [0.25, 0.3) is 44.5 Å². The summed E-state index contributed by atoms with van der Waals surface area (Å²) in [6, 6.07) is 165. The fourth-order valence-corrected chi connectivity index (χ4v) is 29.2. The van der Waals surface area contributed by atoms with Crippen LogP contribution in [0.15, 0.2) is 431 Å². The van der Waals surface area contributed by atoms with Gasteiger partial charge < -0.3 is 9.64 Å². The Balaban J connectivity index is 0.990. The van der Waals surface area contributed by atoms with Gasteiger partial charge in [-0.25, -0.2) is 0 Å². The van der Waals surface area contributed by atoms with E-state index in [2.05, 4.69) is 498 Å². The van der Waals surface area contributed by atoms with Gasteiger partial charge in [-0.1, -0.05) is 451 Å². The summed E-state index contributed by atoms with van der Waals surface area (Å²) in [6.07, 6.45) is 0. The van der Waals surface area contributed by atoms with Crippen LogP contribution < -0.4 is 67.5 Å². The van der Waals surface area contributed by atoms with E-state index in [0.717, 1.165) is 56.2 Å². The molecule has 0 aliphatic carbocycles. The molecule has 17 aromatic rings. The van der Waals surface area contributed by atoms with Gasteiger partial charge in [0.15, 0.2) is 16.1 Å². The standard InChI is InChI=1S/C115H98BNOSi2/c1-112(2,3)90-63-66-106(103(76-90)84-47-26-13-27-48-84)117-107-67-64-91(115(88-50-28-14-29-51-88,89-52-30-15-31-53-89)94-71-86(82-43-22-11-23-44-82)69-92(74-94)113(4,5)6)77-104(107)116-105-78-100(120(97-58-36-18-37-59-97,98-60-38-19-39-61-98)101-73-87(83-45-24-12-25-46-83)70-93(75-101)114(7,8)9)65-68-109(105)118-110-80-102(79-108(117)111(110)116)119(95-54-32-16-33-55-95,96-56-34-17-35-57-96)99-62-40-49-85(72-99)81-41-20-10-21-42-81/h10-80H,1-9H3. The second-order valence-electron chi connectivity index (χ2n) is 35.9. The summed E-state index contributed by atoms with van der Waals surface area (Å²) in [5.41, 5.74) is 23.0. The van der Waals surface area contributed by atoms with Crippen molar-refractivity contribution in [3.63, 3.8) is 0 Å². The number of ether oxygens (including phenoxy) is 1. The SMILES string of the molecule is CC(C)(C)c1cc(-c2ccccc2)cc(C(c2ccccc2)(c2ccccc2)c2ccc3c(c2)B2c4cc([Si](c5ccccc5)(c5ccccc5)c5cc(-c6ccccc6)cc(C(C)(C)C)c5)ccc4Oc4cc([Si](c5ccccc5)(c5ccccc5)c5cccc(-c6ccccc6)c5)cc(c42)N3c2ccc(C(C)(C)C)cc2-c2ccccc2)c1. The Morgan fingerprint density at radius 1 is 0.217 bits per heavy atom. The Morgan fingerprint density at radius 2 is 0.600 bits per heavy atom. The van der Waals surface area contributed by atoms with Gasteiger partial charge in [-0.2, -0.15) is 0 Å². The first-order chi connectivity index (χ1) is 58.4. The number of anilines is 3. The van der Waals surface area contributed by atoms with Crippen LogP contribution >= 0.6 is 0 Å². The normalized spacial score (nSPS) is 12.7. The molecule has 2 nitrogen and oxygen atoms in total. The number of rotatable bonds is 17. The maximum Gasteiger partial charge on any atom is 0.256 e. The van der Waals surface area contributed by atoms with Crippen LogP contribution in [0.3, 0.4) is 0 Å². The zero-order chi connectivity index (χ0) is 82.0. The molecule has 580 valence electrons. The zero-order valence-electron chi connectivity index (χ0n) is 69.9. The van der Waals surface area contributed by atoms with Gasteiger partial charge in [0, 0.05) is 16.9 Å². The topological polar surface area (TPSA) is 12.5 Å². The Kier molecular flexibility index (Phi) is 19.8. The van der Waals surface area contributed by atoms with Gasteiger partial charge in [-0.15, -0.1) is 0 Å². The molecule has 120 heavy (non-hydrogen) atoms. The predicted octanol–water partition coefficient (Wildman–Crippen LogP) is 21.8. The average Bonchev–Trinajstić information content (AvgIpc) is 0.687. The number of hydrogen-bond acceptors (Lipinski definition) is 2. The average molecular weight is 1580 g/mol. The number of hydrogen-bond donors (Lipinski definition) is 0. The molecule has 0 saturated heterocycles. The van der Waals surface area contributed by atoms with E-state index < -0.39 is 28.3 Å². The fraction of sp³-hybridized carbons (Fsp3) is 0.113. The van der Waals surface area contributed by atoms with E-state index in [4.69, 9.17) is 4.74 Å². The molecule has 2 aliphatic heterocycles. The molecule has 0 bridgehead atoms. The van der Waals surface area contributed by atoms with Crippen LogP contribution in [0.2, 0.25) is 0 Å². The molecule has 19 rings (SSSR count). The van der Waals surface area contributed by atoms with Gasteiger partial charge in [-0.05, 0) is 194 Å². The van der Waals surface area contributed by atoms with Crippen molar-refractivity contribution < 1.29 is 4.74 Å². The van der Waals surface area contributed by atoms with E-state index in [1.807, 2.05) is 0 Å². The number of nitrogens with zero attached hydrogens (tertiary/aromatic N) is 1. The van der Waals surface area contributed by atoms with E-state index in [-0.39, 0.29) is 16.2 Å². The van der Waals surface area contributed by atoms with Crippen molar-refractivity contribution in [2.24, 2.45) is 0 Å². The van der Waals surface area contributed by atoms with E-state index in [0.29, 0.717) is 0 Å². The first-order valence-electron chi connectivity index (χ1n) is 42.5. The summed E-state index contributed by atoms with van der Waals surface area (Å²) in [4.78, 5) is 2.68. The van der Waals surface area contributed by atoms with Gasteiger partial charge in [0.05, 0.1) is 11.1 Å². The molecule has 0 radical (unpaired) electrons. The molecule has 0 saturated carbocycles. The minimum Gasteiger partial charge on any atom is -0.458 e. The lowest BCUT2D eigenvalue weighted by molar-refractivity contribution is 0.488. The highest BCUT2D eigenvalue weighted by Crippen LogP contribution is 2.51. The Hall–Kier alpha value is -13.2. The van der Waals surface area contributed by atoms with Gasteiger partial charge >= 0.3 is 0 Å². The summed E-state index contributed by atoms with van der Waals surface area (Å²) < 4.78 is 8.28. The third kappa shape index (κ3) is 13.5. The summed E-state index contributed by atoms with van der Waals surface area (Å²) >= 11 is 0. The summed E-state index contributed by atoms with van der Waals surface area (Å²) in [5.74, 6) is 1.67. The van der Waals surface area contributed by atoms with E-state index >= 15 is 0 Å². The maximum atomic E-state index is 8.28. The third-order valence-corrected chi connectivity index (χ3v) is 35.0. The van der Waals surface area contributed by atoms with Gasteiger partial charge in [0.1, 0.15) is 11.5 Å². The first-order valence-corrected chi connectivity index (χ1v) is 46.5. The van der Waals surface area contributed by atoms with Crippen molar-refractivity contribution in [2.45, 2.75) is 84.0 Å². The molecular weight excluding hydrogens is 1480 g/mol. The summed E-state index contributed by atoms with van der Waals surface area (Å²) in [7, 11) is -6.93. The Morgan fingerprint density at radius 3 is 1.09 bits per heavy atom. The van der Waals surface area contributed by atoms with Crippen molar-refractivity contribution in [1.82, 2.24) is 0 Å². The van der Waals surface area contributed by atoms with Crippen molar-refractivity contribution in [3.05, 3.63) is 470 Å². The van der Waals surface area contributed by atoms with Crippen LogP contribution in [0, 0.1) is 0 Å².